The van der Waals surface area contributed by atoms with E-state index in [0.29, 0.717) is 6.04 Å². The summed E-state index contributed by atoms with van der Waals surface area (Å²) in [5, 5.41) is 1.29. The second kappa shape index (κ2) is 6.76. The van der Waals surface area contributed by atoms with Crippen molar-refractivity contribution < 1.29 is 9.13 Å². The van der Waals surface area contributed by atoms with Crippen molar-refractivity contribution in [2.45, 2.75) is 38.9 Å². The minimum atomic E-state index is -0.179. The molecule has 136 valence electrons. The molecule has 0 radical (unpaired) electrons. The fourth-order valence-corrected chi connectivity index (χ4v) is 3.98. The van der Waals surface area contributed by atoms with Gasteiger partial charge in [0.05, 0.1) is 7.11 Å². The summed E-state index contributed by atoms with van der Waals surface area (Å²) in [4.78, 5) is 2.41. The highest BCUT2D eigenvalue weighted by atomic mass is 19.1. The minimum Gasteiger partial charge on any atom is -0.497 e. The summed E-state index contributed by atoms with van der Waals surface area (Å²) in [6.45, 7) is 4.15. The molecule has 2 heterocycles. The Hall–Kier alpha value is -2.33. The summed E-state index contributed by atoms with van der Waals surface area (Å²) >= 11 is 0. The van der Waals surface area contributed by atoms with Crippen molar-refractivity contribution in [3.05, 3.63) is 65.1 Å². The fraction of sp³-hybridized carbons (Fsp3) is 0.364. The molecule has 3 nitrogen and oxygen atoms in total. The third kappa shape index (κ3) is 2.99. The van der Waals surface area contributed by atoms with E-state index >= 15 is 0 Å². The average molecular weight is 352 g/mol. The van der Waals surface area contributed by atoms with Crippen molar-refractivity contribution in [2.24, 2.45) is 0 Å². The Labute approximate surface area is 154 Å². The lowest BCUT2D eigenvalue weighted by Gasteiger charge is -2.31. The summed E-state index contributed by atoms with van der Waals surface area (Å²) in [7, 11) is 3.91. The smallest absolute Gasteiger partial charge is 0.123 e. The van der Waals surface area contributed by atoms with Crippen LogP contribution in [0.3, 0.4) is 0 Å². The minimum absolute atomic E-state index is 0.179. The molecule has 0 aliphatic carbocycles. The summed E-state index contributed by atoms with van der Waals surface area (Å²) in [5.41, 5.74) is 5.27. The SMILES string of the molecule is COc1ccc2c(c1)c1c(n2CCc2ccc(F)cc2)CC(C)N(C)C1. The van der Waals surface area contributed by atoms with Crippen LogP contribution in [0.1, 0.15) is 23.7 Å². The number of ether oxygens (including phenoxy) is 1. The molecule has 1 aromatic heterocycles. The Bertz CT molecular complexity index is 929. The monoisotopic (exact) mass is 352 g/mol. The number of hydrogen-bond donors (Lipinski definition) is 0. The summed E-state index contributed by atoms with van der Waals surface area (Å²) in [6, 6.07) is 13.7. The number of nitrogens with zero attached hydrogens (tertiary/aromatic N) is 2. The zero-order chi connectivity index (χ0) is 18.3. The lowest BCUT2D eigenvalue weighted by Crippen LogP contribution is -2.35. The van der Waals surface area contributed by atoms with Crippen LogP contribution >= 0.6 is 0 Å². The number of aromatic nitrogens is 1. The van der Waals surface area contributed by atoms with Gasteiger partial charge in [-0.05, 0) is 61.9 Å². The molecule has 4 rings (SSSR count). The normalized spacial score (nSPS) is 17.5. The van der Waals surface area contributed by atoms with E-state index in [1.807, 2.05) is 18.2 Å². The van der Waals surface area contributed by atoms with Crippen LogP contribution in [0.25, 0.3) is 10.9 Å². The van der Waals surface area contributed by atoms with Gasteiger partial charge in [0.25, 0.3) is 0 Å². The molecule has 0 saturated carbocycles. The largest absolute Gasteiger partial charge is 0.497 e. The molecule has 1 aliphatic rings. The highest BCUT2D eigenvalue weighted by Crippen LogP contribution is 2.34. The van der Waals surface area contributed by atoms with Crippen molar-refractivity contribution in [1.29, 1.82) is 0 Å². The van der Waals surface area contributed by atoms with Crippen LogP contribution in [0.4, 0.5) is 4.39 Å². The van der Waals surface area contributed by atoms with Crippen LogP contribution in [-0.2, 0) is 25.9 Å². The van der Waals surface area contributed by atoms with Crippen LogP contribution in [0.15, 0.2) is 42.5 Å². The van der Waals surface area contributed by atoms with Crippen molar-refractivity contribution >= 4 is 10.9 Å². The van der Waals surface area contributed by atoms with Gasteiger partial charge in [-0.15, -0.1) is 0 Å². The highest BCUT2D eigenvalue weighted by molar-refractivity contribution is 5.87. The van der Waals surface area contributed by atoms with Gasteiger partial charge < -0.3 is 9.30 Å². The number of aryl methyl sites for hydroxylation is 2. The fourth-order valence-electron chi connectivity index (χ4n) is 3.98. The second-order valence-corrected chi connectivity index (χ2v) is 7.30. The topological polar surface area (TPSA) is 17.4 Å². The maximum Gasteiger partial charge on any atom is 0.123 e. The molecule has 0 fully saturated rings. The third-order valence-electron chi connectivity index (χ3n) is 5.68. The number of rotatable bonds is 4. The molecule has 26 heavy (non-hydrogen) atoms. The van der Waals surface area contributed by atoms with Crippen LogP contribution < -0.4 is 4.74 Å². The van der Waals surface area contributed by atoms with Gasteiger partial charge in [-0.1, -0.05) is 12.1 Å². The number of likely N-dealkylation sites (N-methyl/N-ethyl adjacent to an activating group) is 1. The predicted molar refractivity (Wildman–Crippen MR) is 103 cm³/mol. The average Bonchev–Trinajstić information content (AvgIpc) is 2.94. The van der Waals surface area contributed by atoms with Crippen LogP contribution in [-0.4, -0.2) is 29.7 Å². The maximum atomic E-state index is 13.2. The summed E-state index contributed by atoms with van der Waals surface area (Å²) in [6.07, 6.45) is 1.94. The third-order valence-corrected chi connectivity index (χ3v) is 5.68. The second-order valence-electron chi connectivity index (χ2n) is 7.30. The van der Waals surface area contributed by atoms with E-state index < -0.39 is 0 Å². The van der Waals surface area contributed by atoms with E-state index in [4.69, 9.17) is 4.74 Å². The zero-order valence-electron chi connectivity index (χ0n) is 15.6. The lowest BCUT2D eigenvalue weighted by atomic mass is 10.00. The maximum absolute atomic E-state index is 13.2. The Kier molecular flexibility index (Phi) is 4.45. The standard InChI is InChI=1S/C22H25FN2O/c1-15-12-22-20(14-24(15)2)19-13-18(26-3)8-9-21(19)25(22)11-10-16-4-6-17(23)7-5-16/h4-9,13,15H,10-12,14H2,1-3H3. The van der Waals surface area contributed by atoms with Gasteiger partial charge in [0.2, 0.25) is 0 Å². The molecule has 0 amide bonds. The molecule has 1 unspecified atom stereocenters. The van der Waals surface area contributed by atoms with Crippen molar-refractivity contribution in [3.8, 4) is 5.75 Å². The van der Waals surface area contributed by atoms with Gasteiger partial charge in [0, 0.05) is 42.1 Å². The van der Waals surface area contributed by atoms with E-state index in [1.54, 1.807) is 19.2 Å². The number of hydrogen-bond acceptors (Lipinski definition) is 2. The lowest BCUT2D eigenvalue weighted by molar-refractivity contribution is 0.228. The van der Waals surface area contributed by atoms with Crippen molar-refractivity contribution in [2.75, 3.05) is 14.2 Å². The number of methoxy groups -OCH3 is 1. The van der Waals surface area contributed by atoms with Gasteiger partial charge >= 0.3 is 0 Å². The van der Waals surface area contributed by atoms with Crippen molar-refractivity contribution in [3.63, 3.8) is 0 Å². The molecule has 1 atom stereocenters. The Morgan fingerprint density at radius 1 is 1.15 bits per heavy atom. The van der Waals surface area contributed by atoms with E-state index in [-0.39, 0.29) is 5.82 Å². The molecular formula is C22H25FN2O. The van der Waals surface area contributed by atoms with E-state index in [9.17, 15) is 4.39 Å². The van der Waals surface area contributed by atoms with Crippen molar-refractivity contribution in [1.82, 2.24) is 9.47 Å². The van der Waals surface area contributed by atoms with Gasteiger partial charge in [-0.25, -0.2) is 4.39 Å². The first-order valence-electron chi connectivity index (χ1n) is 9.19. The molecule has 3 aromatic rings. The molecule has 4 heteroatoms. The van der Waals surface area contributed by atoms with E-state index in [1.165, 1.54) is 22.2 Å². The molecule has 1 aliphatic heterocycles. The van der Waals surface area contributed by atoms with Crippen LogP contribution in [0, 0.1) is 5.82 Å². The molecule has 0 saturated heterocycles. The molecule has 0 bridgehead atoms. The first-order chi connectivity index (χ1) is 12.6. The van der Waals surface area contributed by atoms with Crippen LogP contribution in [0.2, 0.25) is 0 Å². The molecular weight excluding hydrogens is 327 g/mol. The number of fused-ring (bicyclic) bond motifs is 3. The van der Waals surface area contributed by atoms with Gasteiger partial charge in [-0.2, -0.15) is 0 Å². The predicted octanol–water partition coefficient (Wildman–Crippen LogP) is 4.41. The van der Waals surface area contributed by atoms with Gasteiger partial charge in [0.15, 0.2) is 0 Å². The summed E-state index contributed by atoms with van der Waals surface area (Å²) in [5.74, 6) is 0.721. The first kappa shape index (κ1) is 17.1. The Balaban J connectivity index is 1.75. The highest BCUT2D eigenvalue weighted by Gasteiger charge is 2.26. The van der Waals surface area contributed by atoms with E-state index in [2.05, 4.69) is 35.6 Å². The Morgan fingerprint density at radius 2 is 1.92 bits per heavy atom. The Morgan fingerprint density at radius 3 is 2.65 bits per heavy atom. The van der Waals surface area contributed by atoms with E-state index in [0.717, 1.165) is 37.2 Å². The molecule has 0 N–H and O–H groups in total. The van der Waals surface area contributed by atoms with Gasteiger partial charge in [0.1, 0.15) is 11.6 Å². The number of halogens is 1. The number of benzene rings is 2. The van der Waals surface area contributed by atoms with Crippen LogP contribution in [0.5, 0.6) is 5.75 Å². The zero-order valence-corrected chi connectivity index (χ0v) is 15.6. The first-order valence-corrected chi connectivity index (χ1v) is 9.19. The summed E-state index contributed by atoms with van der Waals surface area (Å²) < 4.78 is 21.1. The quantitative estimate of drug-likeness (QED) is 0.692. The molecule has 2 aromatic carbocycles. The molecule has 0 spiro atoms. The van der Waals surface area contributed by atoms with Gasteiger partial charge in [-0.3, -0.25) is 4.90 Å².